The van der Waals surface area contributed by atoms with Gasteiger partial charge in [0.1, 0.15) is 0 Å². The number of morpholine rings is 1. The van der Waals surface area contributed by atoms with Crippen molar-refractivity contribution in [1.29, 1.82) is 0 Å². The standard InChI is InChI=1S/C18H31N5O2/c1-15(12-22-5-7-25-8-6-22)10-19-18(24)23-4-3-16(14-23)9-17-11-20-21(2)13-17/h11,13,15-16H,3-10,12,14H2,1-2H3,(H,19,24)/t15-,16-/m1/s1. The third-order valence-corrected chi connectivity index (χ3v) is 5.13. The minimum atomic E-state index is 0.0857. The van der Waals surface area contributed by atoms with Crippen molar-refractivity contribution in [2.75, 3.05) is 52.5 Å². The van der Waals surface area contributed by atoms with Crippen LogP contribution in [0.1, 0.15) is 18.9 Å². The van der Waals surface area contributed by atoms with Crippen molar-refractivity contribution in [3.05, 3.63) is 18.0 Å². The molecule has 2 saturated heterocycles. The number of nitrogens with zero attached hydrogens (tertiary/aromatic N) is 4. The first kappa shape index (κ1) is 18.2. The number of aryl methyl sites for hydroxylation is 1. The number of carbonyl (C=O) groups excluding carboxylic acids is 1. The van der Waals surface area contributed by atoms with Crippen LogP contribution in [0.3, 0.4) is 0 Å². The maximum atomic E-state index is 12.4. The molecule has 0 saturated carbocycles. The molecule has 2 aliphatic rings. The third-order valence-electron chi connectivity index (χ3n) is 5.13. The lowest BCUT2D eigenvalue weighted by atomic mass is 10.0. The fraction of sp³-hybridized carbons (Fsp3) is 0.778. The van der Waals surface area contributed by atoms with Gasteiger partial charge in [-0.25, -0.2) is 4.79 Å². The van der Waals surface area contributed by atoms with E-state index in [-0.39, 0.29) is 6.03 Å². The number of aromatic nitrogens is 2. The summed E-state index contributed by atoms with van der Waals surface area (Å²) in [7, 11) is 1.94. The Morgan fingerprint density at radius 3 is 2.92 bits per heavy atom. The fourth-order valence-electron chi connectivity index (χ4n) is 3.76. The highest BCUT2D eigenvalue weighted by atomic mass is 16.5. The Morgan fingerprint density at radius 1 is 1.40 bits per heavy atom. The molecule has 3 heterocycles. The van der Waals surface area contributed by atoms with E-state index in [1.807, 2.05) is 22.8 Å². The van der Waals surface area contributed by atoms with Crippen molar-refractivity contribution in [1.82, 2.24) is 24.9 Å². The molecule has 0 aliphatic carbocycles. The number of ether oxygens (including phenoxy) is 1. The number of urea groups is 1. The number of likely N-dealkylation sites (tertiary alicyclic amines) is 1. The molecule has 0 spiro atoms. The van der Waals surface area contributed by atoms with E-state index in [2.05, 4.69) is 28.4 Å². The molecule has 7 heteroatoms. The monoisotopic (exact) mass is 349 g/mol. The minimum absolute atomic E-state index is 0.0857. The maximum Gasteiger partial charge on any atom is 0.317 e. The fourth-order valence-corrected chi connectivity index (χ4v) is 3.76. The van der Waals surface area contributed by atoms with E-state index in [4.69, 9.17) is 4.74 Å². The highest BCUT2D eigenvalue weighted by Crippen LogP contribution is 2.20. The number of amides is 2. The quantitative estimate of drug-likeness (QED) is 0.831. The van der Waals surface area contributed by atoms with Gasteiger partial charge in [-0.2, -0.15) is 5.10 Å². The second-order valence-corrected chi connectivity index (χ2v) is 7.53. The summed E-state index contributed by atoms with van der Waals surface area (Å²) in [6, 6.07) is 0.0857. The van der Waals surface area contributed by atoms with Crippen LogP contribution in [0.15, 0.2) is 12.4 Å². The normalized spacial score (nSPS) is 23.0. The maximum absolute atomic E-state index is 12.4. The first-order chi connectivity index (χ1) is 12.1. The molecule has 1 N–H and O–H groups in total. The van der Waals surface area contributed by atoms with Crippen molar-refractivity contribution in [3.63, 3.8) is 0 Å². The van der Waals surface area contributed by atoms with E-state index < -0.39 is 0 Å². The van der Waals surface area contributed by atoms with E-state index >= 15 is 0 Å². The average Bonchev–Trinajstić information content (AvgIpc) is 3.23. The van der Waals surface area contributed by atoms with Gasteiger partial charge in [-0.1, -0.05) is 6.92 Å². The molecule has 2 amide bonds. The summed E-state index contributed by atoms with van der Waals surface area (Å²) >= 11 is 0. The summed E-state index contributed by atoms with van der Waals surface area (Å²) in [5.41, 5.74) is 1.26. The van der Waals surface area contributed by atoms with Crippen LogP contribution in [0.5, 0.6) is 0 Å². The van der Waals surface area contributed by atoms with Gasteiger partial charge in [0.05, 0.1) is 19.4 Å². The lowest BCUT2D eigenvalue weighted by Crippen LogP contribution is -2.44. The molecule has 2 fully saturated rings. The van der Waals surface area contributed by atoms with Gasteiger partial charge < -0.3 is 15.0 Å². The molecule has 0 radical (unpaired) electrons. The number of rotatable bonds is 6. The molecule has 0 aromatic carbocycles. The van der Waals surface area contributed by atoms with Crippen molar-refractivity contribution < 1.29 is 9.53 Å². The van der Waals surface area contributed by atoms with Crippen LogP contribution in [-0.4, -0.2) is 78.1 Å². The second kappa shape index (κ2) is 8.67. The van der Waals surface area contributed by atoms with Gasteiger partial charge in [0, 0.05) is 52.5 Å². The van der Waals surface area contributed by atoms with Crippen LogP contribution in [-0.2, 0) is 18.2 Å². The summed E-state index contributed by atoms with van der Waals surface area (Å²) in [5, 5.41) is 7.34. The predicted octanol–water partition coefficient (Wildman–Crippen LogP) is 0.962. The van der Waals surface area contributed by atoms with Crippen LogP contribution in [0.25, 0.3) is 0 Å². The van der Waals surface area contributed by atoms with Gasteiger partial charge in [0.15, 0.2) is 0 Å². The van der Waals surface area contributed by atoms with Crippen LogP contribution < -0.4 is 5.32 Å². The van der Waals surface area contributed by atoms with Gasteiger partial charge in [-0.3, -0.25) is 9.58 Å². The Bertz CT molecular complexity index is 555. The Hall–Kier alpha value is -1.60. The highest BCUT2D eigenvalue weighted by molar-refractivity contribution is 5.74. The molecule has 1 aromatic rings. The topological polar surface area (TPSA) is 62.6 Å². The first-order valence-electron chi connectivity index (χ1n) is 9.40. The zero-order chi connectivity index (χ0) is 17.6. The van der Waals surface area contributed by atoms with E-state index in [9.17, 15) is 4.79 Å². The Balaban J connectivity index is 1.35. The van der Waals surface area contributed by atoms with Gasteiger partial charge >= 0.3 is 6.03 Å². The van der Waals surface area contributed by atoms with Crippen molar-refractivity contribution in [2.24, 2.45) is 18.9 Å². The highest BCUT2D eigenvalue weighted by Gasteiger charge is 2.26. The Kier molecular flexibility index (Phi) is 6.31. The summed E-state index contributed by atoms with van der Waals surface area (Å²) in [5.74, 6) is 0.997. The molecule has 0 unspecified atom stereocenters. The number of hydrogen-bond donors (Lipinski definition) is 1. The summed E-state index contributed by atoms with van der Waals surface area (Å²) in [6.45, 7) is 9.31. The minimum Gasteiger partial charge on any atom is -0.379 e. The lowest BCUT2D eigenvalue weighted by Gasteiger charge is -2.29. The molecule has 1 aromatic heterocycles. The summed E-state index contributed by atoms with van der Waals surface area (Å²) in [4.78, 5) is 16.8. The van der Waals surface area contributed by atoms with Crippen molar-refractivity contribution >= 4 is 6.03 Å². The zero-order valence-corrected chi connectivity index (χ0v) is 15.5. The number of nitrogens with one attached hydrogen (secondary N) is 1. The van der Waals surface area contributed by atoms with Gasteiger partial charge in [0.2, 0.25) is 0 Å². The van der Waals surface area contributed by atoms with E-state index in [1.54, 1.807) is 0 Å². The van der Waals surface area contributed by atoms with E-state index in [1.165, 1.54) is 5.56 Å². The molecule has 2 atom stereocenters. The zero-order valence-electron chi connectivity index (χ0n) is 15.5. The first-order valence-corrected chi connectivity index (χ1v) is 9.40. The summed E-state index contributed by atoms with van der Waals surface area (Å²) < 4.78 is 7.22. The molecule has 7 nitrogen and oxygen atoms in total. The van der Waals surface area contributed by atoms with Crippen LogP contribution in [0.2, 0.25) is 0 Å². The molecule has 25 heavy (non-hydrogen) atoms. The van der Waals surface area contributed by atoms with Crippen LogP contribution >= 0.6 is 0 Å². The predicted molar refractivity (Wildman–Crippen MR) is 96.4 cm³/mol. The van der Waals surface area contributed by atoms with E-state index in [0.29, 0.717) is 11.8 Å². The molecule has 0 bridgehead atoms. The lowest BCUT2D eigenvalue weighted by molar-refractivity contribution is 0.0319. The molecule has 3 rings (SSSR count). The van der Waals surface area contributed by atoms with Gasteiger partial charge in [0.25, 0.3) is 0 Å². The molecule has 140 valence electrons. The molecular formula is C18H31N5O2. The van der Waals surface area contributed by atoms with Crippen LogP contribution in [0.4, 0.5) is 4.79 Å². The SMILES string of the molecule is C[C@H](CNC(=O)N1CC[C@H](Cc2cnn(C)c2)C1)CN1CCOCC1. The molecule has 2 aliphatic heterocycles. The summed E-state index contributed by atoms with van der Waals surface area (Å²) in [6.07, 6.45) is 6.07. The van der Waals surface area contributed by atoms with Crippen molar-refractivity contribution in [2.45, 2.75) is 19.8 Å². The smallest absolute Gasteiger partial charge is 0.317 e. The second-order valence-electron chi connectivity index (χ2n) is 7.53. The largest absolute Gasteiger partial charge is 0.379 e. The van der Waals surface area contributed by atoms with Gasteiger partial charge in [-0.15, -0.1) is 0 Å². The molecular weight excluding hydrogens is 318 g/mol. The average molecular weight is 349 g/mol. The number of carbonyl (C=O) groups is 1. The van der Waals surface area contributed by atoms with Crippen LogP contribution in [0, 0.1) is 11.8 Å². The van der Waals surface area contributed by atoms with E-state index in [0.717, 1.165) is 65.3 Å². The third kappa shape index (κ3) is 5.44. The van der Waals surface area contributed by atoms with Crippen molar-refractivity contribution in [3.8, 4) is 0 Å². The van der Waals surface area contributed by atoms with Gasteiger partial charge in [-0.05, 0) is 30.2 Å². The Labute approximate surface area is 150 Å². The number of hydrogen-bond acceptors (Lipinski definition) is 4. The Morgan fingerprint density at radius 2 is 2.20 bits per heavy atom.